The molecule has 0 saturated heterocycles. The van der Waals surface area contributed by atoms with Crippen molar-refractivity contribution in [3.63, 3.8) is 0 Å². The van der Waals surface area contributed by atoms with Crippen LogP contribution in [-0.4, -0.2) is 17.6 Å². The molecule has 0 N–H and O–H groups in total. The molecule has 1 heterocycles. The topological polar surface area (TPSA) is 39.2 Å². The Labute approximate surface area is 102 Å². The first-order valence-corrected chi connectivity index (χ1v) is 5.38. The van der Waals surface area contributed by atoms with Gasteiger partial charge in [-0.05, 0) is 12.5 Å². The molecule has 0 aromatic carbocycles. The highest BCUT2D eigenvalue weighted by Gasteiger charge is 2.17. The van der Waals surface area contributed by atoms with Gasteiger partial charge in [-0.3, -0.25) is 0 Å². The van der Waals surface area contributed by atoms with E-state index >= 15 is 0 Å². The van der Waals surface area contributed by atoms with Crippen LogP contribution in [0.25, 0.3) is 0 Å². The van der Waals surface area contributed by atoms with Crippen molar-refractivity contribution in [1.82, 2.24) is 4.98 Å². The number of hydrogen-bond donors (Lipinski definition) is 0. The summed E-state index contributed by atoms with van der Waals surface area (Å²) in [5.74, 6) is -0.619. The van der Waals surface area contributed by atoms with Crippen LogP contribution in [0, 0.1) is 0 Å². The van der Waals surface area contributed by atoms with Crippen molar-refractivity contribution in [3.8, 4) is 0 Å². The van der Waals surface area contributed by atoms with Gasteiger partial charge in [0.15, 0.2) is 5.69 Å². The quantitative estimate of drug-likeness (QED) is 0.621. The minimum Gasteiger partial charge on any atom is -0.461 e. The smallest absolute Gasteiger partial charge is 0.358 e. The molecule has 0 aliphatic rings. The molecule has 3 nitrogen and oxygen atoms in total. The summed E-state index contributed by atoms with van der Waals surface area (Å²) in [7, 11) is 0. The predicted octanol–water partition coefficient (Wildman–Crippen LogP) is 3.61. The van der Waals surface area contributed by atoms with Gasteiger partial charge in [-0.2, -0.15) is 0 Å². The number of halogens is 3. The third kappa shape index (κ3) is 3.23. The summed E-state index contributed by atoms with van der Waals surface area (Å²) < 4.78 is 4.86. The SMILES string of the molecule is CCCOC(=O)c1nc(Cl)cc(Cl)c1Cl. The van der Waals surface area contributed by atoms with Crippen LogP contribution in [0.3, 0.4) is 0 Å². The normalized spacial score (nSPS) is 10.1. The van der Waals surface area contributed by atoms with Crippen LogP contribution in [0.5, 0.6) is 0 Å². The Morgan fingerprint density at radius 3 is 2.73 bits per heavy atom. The fraction of sp³-hybridized carbons (Fsp3) is 0.333. The zero-order valence-electron chi connectivity index (χ0n) is 7.89. The number of carbonyl (C=O) groups is 1. The lowest BCUT2D eigenvalue weighted by atomic mass is 10.3. The molecular weight excluding hydrogens is 260 g/mol. The summed E-state index contributed by atoms with van der Waals surface area (Å²) in [6.45, 7) is 2.19. The summed E-state index contributed by atoms with van der Waals surface area (Å²) in [4.78, 5) is 15.2. The number of hydrogen-bond acceptors (Lipinski definition) is 3. The largest absolute Gasteiger partial charge is 0.461 e. The highest BCUT2D eigenvalue weighted by Crippen LogP contribution is 2.27. The molecule has 1 aromatic heterocycles. The average molecular weight is 269 g/mol. The molecule has 82 valence electrons. The maximum Gasteiger partial charge on any atom is 0.358 e. The molecule has 0 radical (unpaired) electrons. The molecule has 0 aliphatic carbocycles. The number of aromatic nitrogens is 1. The maximum absolute atomic E-state index is 11.4. The molecule has 1 rings (SSSR count). The second kappa shape index (κ2) is 5.54. The molecule has 0 unspecified atom stereocenters. The summed E-state index contributed by atoms with van der Waals surface area (Å²) >= 11 is 17.2. The summed E-state index contributed by atoms with van der Waals surface area (Å²) in [5.41, 5.74) is -0.0531. The Bertz CT molecular complexity index is 382. The molecule has 0 fully saturated rings. The van der Waals surface area contributed by atoms with Gasteiger partial charge < -0.3 is 4.74 Å². The van der Waals surface area contributed by atoms with E-state index in [4.69, 9.17) is 39.5 Å². The van der Waals surface area contributed by atoms with Crippen molar-refractivity contribution in [3.05, 3.63) is 27.0 Å². The molecule has 0 amide bonds. The second-order valence-corrected chi connectivity index (χ2v) is 3.90. The van der Waals surface area contributed by atoms with E-state index in [1.54, 1.807) is 0 Å². The van der Waals surface area contributed by atoms with Crippen molar-refractivity contribution in [2.45, 2.75) is 13.3 Å². The van der Waals surface area contributed by atoms with Gasteiger partial charge in [0.05, 0.1) is 16.7 Å². The lowest BCUT2D eigenvalue weighted by Gasteiger charge is -2.05. The molecule has 0 saturated carbocycles. The number of rotatable bonds is 3. The zero-order chi connectivity index (χ0) is 11.4. The highest BCUT2D eigenvalue weighted by atomic mass is 35.5. The number of nitrogens with zero attached hydrogens (tertiary/aromatic N) is 1. The van der Waals surface area contributed by atoms with Gasteiger partial charge in [-0.1, -0.05) is 41.7 Å². The Morgan fingerprint density at radius 1 is 1.47 bits per heavy atom. The molecule has 1 aromatic rings. The Balaban J connectivity index is 2.98. The summed E-state index contributed by atoms with van der Waals surface area (Å²) in [6.07, 6.45) is 0.720. The van der Waals surface area contributed by atoms with Crippen molar-refractivity contribution in [2.75, 3.05) is 6.61 Å². The van der Waals surface area contributed by atoms with E-state index in [-0.39, 0.29) is 20.9 Å². The number of esters is 1. The van der Waals surface area contributed by atoms with Crippen LogP contribution < -0.4 is 0 Å². The van der Waals surface area contributed by atoms with Crippen molar-refractivity contribution >= 4 is 40.8 Å². The fourth-order valence-electron chi connectivity index (χ4n) is 0.868. The van der Waals surface area contributed by atoms with E-state index in [2.05, 4.69) is 4.98 Å². The monoisotopic (exact) mass is 267 g/mol. The van der Waals surface area contributed by atoms with E-state index in [1.807, 2.05) is 6.92 Å². The van der Waals surface area contributed by atoms with Crippen LogP contribution in [-0.2, 0) is 4.74 Å². The van der Waals surface area contributed by atoms with E-state index < -0.39 is 5.97 Å². The van der Waals surface area contributed by atoms with Crippen molar-refractivity contribution in [2.24, 2.45) is 0 Å². The third-order valence-electron chi connectivity index (χ3n) is 1.51. The summed E-state index contributed by atoms with van der Waals surface area (Å²) in [6, 6.07) is 1.36. The van der Waals surface area contributed by atoms with Gasteiger partial charge in [-0.25, -0.2) is 9.78 Å². The van der Waals surface area contributed by atoms with Gasteiger partial charge in [0.25, 0.3) is 0 Å². The third-order valence-corrected chi connectivity index (χ3v) is 2.48. The first-order valence-electron chi connectivity index (χ1n) is 4.25. The predicted molar refractivity (Wildman–Crippen MR) is 59.8 cm³/mol. The van der Waals surface area contributed by atoms with Crippen molar-refractivity contribution in [1.29, 1.82) is 0 Å². The van der Waals surface area contributed by atoms with E-state index in [0.717, 1.165) is 6.42 Å². The minimum absolute atomic E-state index is 0.0531. The van der Waals surface area contributed by atoms with Gasteiger partial charge in [-0.15, -0.1) is 0 Å². The van der Waals surface area contributed by atoms with Crippen LogP contribution in [0.4, 0.5) is 0 Å². The molecule has 0 bridgehead atoms. The Morgan fingerprint density at radius 2 is 2.13 bits per heavy atom. The molecule has 0 aliphatic heterocycles. The number of ether oxygens (including phenoxy) is 1. The molecule has 6 heteroatoms. The fourth-order valence-corrected chi connectivity index (χ4v) is 1.48. The summed E-state index contributed by atoms with van der Waals surface area (Å²) in [5, 5.41) is 0.343. The lowest BCUT2D eigenvalue weighted by Crippen LogP contribution is -2.09. The lowest BCUT2D eigenvalue weighted by molar-refractivity contribution is 0.0498. The minimum atomic E-state index is -0.619. The van der Waals surface area contributed by atoms with Crippen LogP contribution in [0.1, 0.15) is 23.8 Å². The van der Waals surface area contributed by atoms with Gasteiger partial charge in [0.2, 0.25) is 0 Å². The Hall–Kier alpha value is -0.510. The van der Waals surface area contributed by atoms with Gasteiger partial charge in [0, 0.05) is 0 Å². The first-order chi connectivity index (χ1) is 7.06. The zero-order valence-corrected chi connectivity index (χ0v) is 10.2. The number of pyridine rings is 1. The van der Waals surface area contributed by atoms with Crippen LogP contribution in [0.15, 0.2) is 6.07 Å². The molecule has 0 spiro atoms. The number of carbonyl (C=O) groups excluding carboxylic acids is 1. The Kier molecular flexibility index (Phi) is 4.64. The van der Waals surface area contributed by atoms with Crippen molar-refractivity contribution < 1.29 is 9.53 Å². The van der Waals surface area contributed by atoms with Crippen LogP contribution in [0.2, 0.25) is 15.2 Å². The van der Waals surface area contributed by atoms with Gasteiger partial charge in [0.1, 0.15) is 5.15 Å². The molecule has 0 atom stereocenters. The van der Waals surface area contributed by atoms with E-state index in [9.17, 15) is 4.79 Å². The highest BCUT2D eigenvalue weighted by molar-refractivity contribution is 6.44. The standard InChI is InChI=1S/C9H8Cl3NO2/c1-2-3-15-9(14)8-7(12)5(10)4-6(11)13-8/h4H,2-3H2,1H3. The van der Waals surface area contributed by atoms with Gasteiger partial charge >= 0.3 is 5.97 Å². The van der Waals surface area contributed by atoms with E-state index in [0.29, 0.717) is 6.61 Å². The first kappa shape index (κ1) is 12.6. The maximum atomic E-state index is 11.4. The molecule has 15 heavy (non-hydrogen) atoms. The molecular formula is C9H8Cl3NO2. The van der Waals surface area contributed by atoms with Crippen LogP contribution >= 0.6 is 34.8 Å². The van der Waals surface area contributed by atoms with E-state index in [1.165, 1.54) is 6.07 Å². The average Bonchev–Trinajstić information content (AvgIpc) is 2.19. The second-order valence-electron chi connectivity index (χ2n) is 2.73.